The lowest BCUT2D eigenvalue weighted by Gasteiger charge is -2.31. The van der Waals surface area contributed by atoms with Crippen molar-refractivity contribution in [2.75, 3.05) is 12.3 Å². The first-order valence-corrected chi connectivity index (χ1v) is 13.1. The van der Waals surface area contributed by atoms with Gasteiger partial charge in [-0.05, 0) is 53.9 Å². The van der Waals surface area contributed by atoms with Crippen LogP contribution in [0.4, 0.5) is 4.39 Å². The molecule has 0 aliphatic carbocycles. The van der Waals surface area contributed by atoms with Crippen molar-refractivity contribution in [1.82, 2.24) is 10.2 Å². The van der Waals surface area contributed by atoms with Crippen LogP contribution in [0, 0.1) is 5.82 Å². The van der Waals surface area contributed by atoms with Crippen molar-refractivity contribution in [2.24, 2.45) is 0 Å². The number of amides is 2. The van der Waals surface area contributed by atoms with E-state index in [4.69, 9.17) is 11.6 Å². The molecule has 0 bridgehead atoms. The van der Waals surface area contributed by atoms with Crippen LogP contribution in [0.15, 0.2) is 83.8 Å². The second-order valence-electron chi connectivity index (χ2n) is 8.20. The number of hydrogen-bond acceptors (Lipinski definition) is 3. The molecule has 1 N–H and O–H groups in total. The highest BCUT2D eigenvalue weighted by molar-refractivity contribution is 7.99. The van der Waals surface area contributed by atoms with E-state index in [9.17, 15) is 14.0 Å². The van der Waals surface area contributed by atoms with Crippen LogP contribution in [-0.4, -0.2) is 35.1 Å². The Bertz CT molecular complexity index is 1080. The van der Waals surface area contributed by atoms with Crippen LogP contribution in [0.5, 0.6) is 0 Å². The van der Waals surface area contributed by atoms with E-state index >= 15 is 0 Å². The van der Waals surface area contributed by atoms with Gasteiger partial charge in [-0.25, -0.2) is 4.39 Å². The second kappa shape index (κ2) is 13.9. The maximum atomic E-state index is 13.5. The lowest BCUT2D eigenvalue weighted by Crippen LogP contribution is -2.50. The fourth-order valence-corrected chi connectivity index (χ4v) is 4.60. The molecule has 0 heterocycles. The van der Waals surface area contributed by atoms with Gasteiger partial charge in [0.15, 0.2) is 0 Å². The highest BCUT2D eigenvalue weighted by Crippen LogP contribution is 2.22. The van der Waals surface area contributed by atoms with Gasteiger partial charge in [0.25, 0.3) is 0 Å². The summed E-state index contributed by atoms with van der Waals surface area (Å²) >= 11 is 7.53. The second-order valence-corrected chi connectivity index (χ2v) is 9.80. The monoisotopic (exact) mass is 512 g/mol. The maximum absolute atomic E-state index is 13.5. The molecule has 3 aromatic rings. The Kier molecular flexibility index (Phi) is 10.6. The van der Waals surface area contributed by atoms with Crippen LogP contribution >= 0.6 is 23.4 Å². The fraction of sp³-hybridized carbons (Fsp3) is 0.286. The van der Waals surface area contributed by atoms with E-state index < -0.39 is 6.04 Å². The van der Waals surface area contributed by atoms with Crippen LogP contribution < -0.4 is 5.32 Å². The molecule has 3 aromatic carbocycles. The topological polar surface area (TPSA) is 49.4 Å². The molecule has 35 heavy (non-hydrogen) atoms. The quantitative estimate of drug-likeness (QED) is 0.297. The Balaban J connectivity index is 1.81. The van der Waals surface area contributed by atoms with Crippen LogP contribution in [0.25, 0.3) is 0 Å². The van der Waals surface area contributed by atoms with E-state index in [1.165, 1.54) is 12.1 Å². The summed E-state index contributed by atoms with van der Waals surface area (Å²) in [6.45, 7) is 2.75. The van der Waals surface area contributed by atoms with Gasteiger partial charge >= 0.3 is 0 Å². The summed E-state index contributed by atoms with van der Waals surface area (Å²) in [7, 11) is 0. The summed E-state index contributed by atoms with van der Waals surface area (Å²) in [5, 5.41) is 3.62. The number of carbonyl (C=O) groups excluding carboxylic acids is 2. The zero-order valence-corrected chi connectivity index (χ0v) is 21.3. The van der Waals surface area contributed by atoms with Crippen molar-refractivity contribution in [1.29, 1.82) is 0 Å². The third-order valence-electron chi connectivity index (χ3n) is 5.48. The minimum absolute atomic E-state index is 0.122. The van der Waals surface area contributed by atoms with E-state index in [-0.39, 0.29) is 30.6 Å². The third kappa shape index (κ3) is 8.71. The highest BCUT2D eigenvalue weighted by atomic mass is 35.5. The van der Waals surface area contributed by atoms with Crippen LogP contribution in [0.3, 0.4) is 0 Å². The molecular weight excluding hydrogens is 483 g/mol. The number of thioether (sulfide) groups is 1. The first-order valence-electron chi connectivity index (χ1n) is 11.7. The number of hydrogen-bond donors (Lipinski definition) is 1. The average Bonchev–Trinajstić information content (AvgIpc) is 2.87. The number of benzene rings is 3. The van der Waals surface area contributed by atoms with Crippen LogP contribution in [0.2, 0.25) is 5.02 Å². The first-order chi connectivity index (χ1) is 17.0. The molecule has 0 saturated heterocycles. The molecule has 1 unspecified atom stereocenters. The van der Waals surface area contributed by atoms with Crippen molar-refractivity contribution in [3.05, 3.63) is 101 Å². The molecule has 184 valence electrons. The SMILES string of the molecule is CCCNC(=O)C(Cc1ccccc1)N(Cc1ccc(F)cc1)C(=O)CCSc1ccc(Cl)cc1. The normalized spacial score (nSPS) is 11.6. The van der Waals surface area contributed by atoms with Gasteiger partial charge in [0.05, 0.1) is 0 Å². The summed E-state index contributed by atoms with van der Waals surface area (Å²) in [5.41, 5.74) is 1.74. The smallest absolute Gasteiger partial charge is 0.243 e. The molecule has 0 aromatic heterocycles. The molecule has 0 aliphatic heterocycles. The van der Waals surface area contributed by atoms with Crippen molar-refractivity contribution in [3.63, 3.8) is 0 Å². The first kappa shape index (κ1) is 26.8. The molecular formula is C28H30ClFN2O2S. The van der Waals surface area contributed by atoms with Gasteiger partial charge in [-0.3, -0.25) is 9.59 Å². The fourth-order valence-electron chi connectivity index (χ4n) is 3.64. The Morgan fingerprint density at radius 2 is 1.66 bits per heavy atom. The largest absolute Gasteiger partial charge is 0.354 e. The van der Waals surface area contributed by atoms with E-state index in [1.54, 1.807) is 28.8 Å². The molecule has 2 amide bonds. The van der Waals surface area contributed by atoms with E-state index in [2.05, 4.69) is 5.32 Å². The van der Waals surface area contributed by atoms with Crippen molar-refractivity contribution in [2.45, 2.75) is 43.7 Å². The Labute approximate surface area is 215 Å². The molecule has 0 saturated carbocycles. The summed E-state index contributed by atoms with van der Waals surface area (Å²) < 4.78 is 13.5. The number of halogens is 2. The highest BCUT2D eigenvalue weighted by Gasteiger charge is 2.30. The third-order valence-corrected chi connectivity index (χ3v) is 6.75. The number of nitrogens with one attached hydrogen (secondary N) is 1. The standard InChI is InChI=1S/C28H30ClFN2O2S/c1-2-17-31-28(34)26(19-21-6-4-3-5-7-21)32(20-22-8-12-24(30)13-9-22)27(33)16-18-35-25-14-10-23(29)11-15-25/h3-15,26H,2,16-20H2,1H3,(H,31,34). The molecule has 3 rings (SSSR count). The van der Waals surface area contributed by atoms with Gasteiger partial charge in [0.1, 0.15) is 11.9 Å². The average molecular weight is 513 g/mol. The van der Waals surface area contributed by atoms with Gasteiger partial charge < -0.3 is 10.2 Å². The zero-order chi connectivity index (χ0) is 25.0. The Hall–Kier alpha value is -2.83. The number of nitrogens with zero attached hydrogens (tertiary/aromatic N) is 1. The van der Waals surface area contributed by atoms with Crippen LogP contribution in [0.1, 0.15) is 30.9 Å². The Morgan fingerprint density at radius 1 is 0.971 bits per heavy atom. The van der Waals surface area contributed by atoms with Crippen molar-refractivity contribution in [3.8, 4) is 0 Å². The lowest BCUT2D eigenvalue weighted by molar-refractivity contribution is -0.141. The van der Waals surface area contributed by atoms with Crippen molar-refractivity contribution < 1.29 is 14.0 Å². The van der Waals surface area contributed by atoms with Gasteiger partial charge in [-0.15, -0.1) is 11.8 Å². The van der Waals surface area contributed by atoms with E-state index in [0.717, 1.165) is 22.4 Å². The molecule has 4 nitrogen and oxygen atoms in total. The molecule has 0 fully saturated rings. The van der Waals surface area contributed by atoms with Gasteiger partial charge in [-0.1, -0.05) is 61.0 Å². The predicted molar refractivity (Wildman–Crippen MR) is 141 cm³/mol. The molecule has 0 radical (unpaired) electrons. The van der Waals surface area contributed by atoms with Gasteiger partial charge in [-0.2, -0.15) is 0 Å². The van der Waals surface area contributed by atoms with Gasteiger partial charge in [0.2, 0.25) is 11.8 Å². The molecule has 1 atom stereocenters. The van der Waals surface area contributed by atoms with E-state index in [1.807, 2.05) is 61.5 Å². The molecule has 0 spiro atoms. The Morgan fingerprint density at radius 3 is 2.31 bits per heavy atom. The zero-order valence-electron chi connectivity index (χ0n) is 19.8. The van der Waals surface area contributed by atoms with Crippen molar-refractivity contribution >= 4 is 35.2 Å². The van der Waals surface area contributed by atoms with E-state index in [0.29, 0.717) is 23.7 Å². The summed E-state index contributed by atoms with van der Waals surface area (Å²) in [6, 6.07) is 22.5. The lowest BCUT2D eigenvalue weighted by atomic mass is 10.0. The summed E-state index contributed by atoms with van der Waals surface area (Å²) in [5.74, 6) is -0.0814. The summed E-state index contributed by atoms with van der Waals surface area (Å²) in [4.78, 5) is 29.4. The predicted octanol–water partition coefficient (Wildman–Crippen LogP) is 6.13. The summed E-state index contributed by atoms with van der Waals surface area (Å²) in [6.07, 6.45) is 1.46. The maximum Gasteiger partial charge on any atom is 0.243 e. The minimum Gasteiger partial charge on any atom is -0.354 e. The molecule has 7 heteroatoms. The minimum atomic E-state index is -0.679. The molecule has 0 aliphatic rings. The van der Waals surface area contributed by atoms with Crippen LogP contribution in [-0.2, 0) is 22.6 Å². The number of carbonyl (C=O) groups is 2. The van der Waals surface area contributed by atoms with Gasteiger partial charge in [0, 0.05) is 41.6 Å². The number of rotatable bonds is 12.